The summed E-state index contributed by atoms with van der Waals surface area (Å²) >= 11 is 12.2. The van der Waals surface area contributed by atoms with Gasteiger partial charge in [0.15, 0.2) is 0 Å². The highest BCUT2D eigenvalue weighted by molar-refractivity contribution is 6.35. The first-order valence-corrected chi connectivity index (χ1v) is 13.3. The molecule has 2 aliphatic heterocycles. The van der Waals surface area contributed by atoms with Crippen molar-refractivity contribution in [3.8, 4) is 0 Å². The summed E-state index contributed by atoms with van der Waals surface area (Å²) in [5, 5.41) is 14.9. The number of amides is 1. The number of nitrogens with one attached hydrogen (secondary N) is 4. The van der Waals surface area contributed by atoms with Gasteiger partial charge in [-0.25, -0.2) is 0 Å². The van der Waals surface area contributed by atoms with Gasteiger partial charge >= 0.3 is 0 Å². The molecule has 8 heteroatoms. The van der Waals surface area contributed by atoms with Gasteiger partial charge in [0.1, 0.15) is 5.82 Å². The predicted octanol–water partition coefficient (Wildman–Crippen LogP) is 4.66. The zero-order valence-electron chi connectivity index (χ0n) is 20.1. The van der Waals surface area contributed by atoms with E-state index in [-0.39, 0.29) is 5.91 Å². The lowest BCUT2D eigenvalue weighted by Gasteiger charge is -2.33. The second-order valence-corrected chi connectivity index (χ2v) is 9.99. The number of hydrogen-bond donors (Lipinski definition) is 4. The summed E-state index contributed by atoms with van der Waals surface area (Å²) in [5.41, 5.74) is 2.58. The number of hydrogen-bond acceptors (Lipinski definition) is 5. The Morgan fingerprint density at radius 1 is 1.03 bits per heavy atom. The van der Waals surface area contributed by atoms with E-state index in [1.54, 1.807) is 6.07 Å². The molecule has 1 unspecified atom stereocenters. The van der Waals surface area contributed by atoms with Crippen LogP contribution in [0, 0.1) is 0 Å². The largest absolute Gasteiger partial charge is 0.356 e. The number of halogens is 2. The Kier molecular flexibility index (Phi) is 9.72. The fourth-order valence-electron chi connectivity index (χ4n) is 4.51. The summed E-state index contributed by atoms with van der Waals surface area (Å²) < 4.78 is 0. The summed E-state index contributed by atoms with van der Waals surface area (Å²) in [7, 11) is 0. The zero-order chi connectivity index (χ0) is 24.5. The molecule has 35 heavy (non-hydrogen) atoms. The van der Waals surface area contributed by atoms with Gasteiger partial charge in [-0.15, -0.1) is 0 Å². The van der Waals surface area contributed by atoms with Crippen molar-refractivity contribution in [3.05, 3.63) is 75.5 Å². The minimum Gasteiger partial charge on any atom is -0.356 e. The van der Waals surface area contributed by atoms with Gasteiger partial charge in [-0.1, -0.05) is 42.1 Å². The summed E-state index contributed by atoms with van der Waals surface area (Å²) in [6, 6.07) is 13.5. The van der Waals surface area contributed by atoms with Crippen LogP contribution in [0.4, 0.5) is 5.69 Å². The van der Waals surface area contributed by atoms with E-state index >= 15 is 0 Å². The molecule has 0 spiro atoms. The smallest absolute Gasteiger partial charge is 0.251 e. The van der Waals surface area contributed by atoms with E-state index in [1.807, 2.05) is 36.4 Å². The number of anilines is 1. The minimum atomic E-state index is -0.0952. The van der Waals surface area contributed by atoms with Crippen LogP contribution in [0.3, 0.4) is 0 Å². The van der Waals surface area contributed by atoms with E-state index in [0.717, 1.165) is 56.2 Å². The monoisotopic (exact) mass is 515 g/mol. The lowest BCUT2D eigenvalue weighted by atomic mass is 10.1. The Bertz CT molecular complexity index is 997. The van der Waals surface area contributed by atoms with Gasteiger partial charge < -0.3 is 26.2 Å². The van der Waals surface area contributed by atoms with Crippen molar-refractivity contribution < 1.29 is 4.79 Å². The van der Waals surface area contributed by atoms with E-state index in [0.29, 0.717) is 34.6 Å². The van der Waals surface area contributed by atoms with E-state index in [1.165, 1.54) is 19.3 Å². The van der Waals surface area contributed by atoms with Crippen molar-refractivity contribution in [3.63, 3.8) is 0 Å². The lowest BCUT2D eigenvalue weighted by Crippen LogP contribution is -2.45. The summed E-state index contributed by atoms with van der Waals surface area (Å²) in [6.45, 7) is 5.50. The molecule has 2 aromatic rings. The molecular weight excluding hydrogens is 481 g/mol. The molecular formula is C27H35Cl2N5O. The first-order chi connectivity index (χ1) is 17.1. The van der Waals surface area contributed by atoms with Crippen LogP contribution in [0.15, 0.2) is 54.4 Å². The molecule has 6 nitrogen and oxygen atoms in total. The van der Waals surface area contributed by atoms with Gasteiger partial charge in [-0.2, -0.15) is 0 Å². The van der Waals surface area contributed by atoms with Gasteiger partial charge in [0.2, 0.25) is 0 Å². The normalized spacial score (nSPS) is 19.2. The first-order valence-electron chi connectivity index (χ1n) is 12.6. The number of carbonyl (C=O) groups is 1. The van der Waals surface area contributed by atoms with E-state index < -0.39 is 0 Å². The van der Waals surface area contributed by atoms with Crippen molar-refractivity contribution in [1.29, 1.82) is 0 Å². The average Bonchev–Trinajstić information content (AvgIpc) is 3.14. The van der Waals surface area contributed by atoms with E-state index in [2.05, 4.69) is 32.2 Å². The number of rotatable bonds is 8. The van der Waals surface area contributed by atoms with Gasteiger partial charge in [0, 0.05) is 60.1 Å². The quantitative estimate of drug-likeness (QED) is 0.411. The molecule has 2 aliphatic rings. The first kappa shape index (κ1) is 25.8. The topological polar surface area (TPSA) is 68.4 Å². The highest BCUT2D eigenvalue weighted by Crippen LogP contribution is 2.21. The van der Waals surface area contributed by atoms with Crippen molar-refractivity contribution >= 4 is 34.8 Å². The number of carbonyl (C=O) groups excluding carboxylic acids is 1. The number of nitrogens with zero attached hydrogens (tertiary/aromatic N) is 1. The van der Waals surface area contributed by atoms with Crippen molar-refractivity contribution in [2.45, 2.75) is 38.1 Å². The Balaban J connectivity index is 1.36. The molecule has 0 saturated carbocycles. The third-order valence-corrected chi connectivity index (χ3v) is 7.12. The predicted molar refractivity (Wildman–Crippen MR) is 145 cm³/mol. The molecule has 2 heterocycles. The third kappa shape index (κ3) is 7.87. The SMILES string of the molecule is O=C(NCCc1ccc(Cl)cc1Cl)c1ccc(N/C(=C/C2CCCCCN2)N2CCNCC2)cc1. The number of piperazine rings is 1. The lowest BCUT2D eigenvalue weighted by molar-refractivity contribution is 0.0954. The molecule has 4 rings (SSSR count). The highest BCUT2D eigenvalue weighted by atomic mass is 35.5. The minimum absolute atomic E-state index is 0.0952. The molecule has 2 saturated heterocycles. The average molecular weight is 517 g/mol. The standard InChI is InChI=1S/C27H35Cl2N5O/c28-22-8-5-20(25(29)18-22)11-13-32-27(35)21-6-9-23(10-7-21)33-26(34-16-14-30-15-17-34)19-24-4-2-1-3-12-31-24/h5-10,18-19,24,30-31,33H,1-4,11-17H2,(H,32,35)/b26-19-. The third-order valence-electron chi connectivity index (χ3n) is 6.53. The molecule has 0 radical (unpaired) electrons. The second-order valence-electron chi connectivity index (χ2n) is 9.14. The van der Waals surface area contributed by atoms with Crippen LogP contribution in [0.1, 0.15) is 41.6 Å². The van der Waals surface area contributed by atoms with Gasteiger partial charge in [-0.05, 0) is 73.8 Å². The number of benzene rings is 2. The van der Waals surface area contributed by atoms with Crippen LogP contribution < -0.4 is 21.3 Å². The molecule has 2 aromatic carbocycles. The van der Waals surface area contributed by atoms with Crippen LogP contribution in [-0.2, 0) is 6.42 Å². The van der Waals surface area contributed by atoms with Crippen molar-refractivity contribution in [2.24, 2.45) is 0 Å². The van der Waals surface area contributed by atoms with Gasteiger partial charge in [-0.3, -0.25) is 4.79 Å². The van der Waals surface area contributed by atoms with E-state index in [4.69, 9.17) is 23.2 Å². The van der Waals surface area contributed by atoms with E-state index in [9.17, 15) is 4.79 Å². The molecule has 1 atom stereocenters. The Morgan fingerprint density at radius 2 is 1.83 bits per heavy atom. The molecule has 4 N–H and O–H groups in total. The van der Waals surface area contributed by atoms with Crippen molar-refractivity contribution in [2.75, 3.05) is 44.6 Å². The molecule has 1 amide bonds. The maximum Gasteiger partial charge on any atom is 0.251 e. The second kappa shape index (κ2) is 13.2. The zero-order valence-corrected chi connectivity index (χ0v) is 21.6. The molecule has 0 aliphatic carbocycles. The summed E-state index contributed by atoms with van der Waals surface area (Å²) in [4.78, 5) is 15.0. The molecule has 188 valence electrons. The van der Waals surface area contributed by atoms with Crippen LogP contribution in [0.25, 0.3) is 0 Å². The Hall–Kier alpha value is -2.25. The van der Waals surface area contributed by atoms with Crippen LogP contribution in [0.2, 0.25) is 10.0 Å². The molecule has 0 bridgehead atoms. The van der Waals surface area contributed by atoms with Gasteiger partial charge in [0.25, 0.3) is 5.91 Å². The fourth-order valence-corrected chi connectivity index (χ4v) is 5.01. The fraction of sp³-hybridized carbons (Fsp3) is 0.444. The van der Waals surface area contributed by atoms with Gasteiger partial charge in [0.05, 0.1) is 0 Å². The van der Waals surface area contributed by atoms with Crippen LogP contribution >= 0.6 is 23.2 Å². The highest BCUT2D eigenvalue weighted by Gasteiger charge is 2.17. The summed E-state index contributed by atoms with van der Waals surface area (Å²) in [5.74, 6) is 1.05. The molecule has 2 fully saturated rings. The van der Waals surface area contributed by atoms with Crippen LogP contribution in [0.5, 0.6) is 0 Å². The van der Waals surface area contributed by atoms with Crippen molar-refractivity contribution in [1.82, 2.24) is 20.9 Å². The van der Waals surface area contributed by atoms with Crippen LogP contribution in [-0.4, -0.2) is 56.1 Å². The summed E-state index contributed by atoms with van der Waals surface area (Å²) in [6.07, 6.45) is 7.96. The Labute approximate surface area is 218 Å². The maximum absolute atomic E-state index is 12.6. The molecule has 0 aromatic heterocycles. The maximum atomic E-state index is 12.6. The Morgan fingerprint density at radius 3 is 2.60 bits per heavy atom.